The standard InChI is InChI=1S/C7H6/c1-2-7-5-3-4-6-7/h1-4H,5H2. The minimum atomic E-state index is 0.955. The molecule has 0 N–H and O–H groups in total. The van der Waals surface area contributed by atoms with Gasteiger partial charge >= 0.3 is 0 Å². The molecule has 0 saturated heterocycles. The summed E-state index contributed by atoms with van der Waals surface area (Å²) in [6.45, 7) is 5.17. The molecule has 0 aromatic rings. The molecule has 0 aromatic heterocycles. The SMILES string of the molecule is [CH]=CC1=[C]C=CC1. The van der Waals surface area contributed by atoms with Crippen LogP contribution in [0.3, 0.4) is 0 Å². The van der Waals surface area contributed by atoms with Crippen molar-refractivity contribution in [2.24, 2.45) is 0 Å². The van der Waals surface area contributed by atoms with Gasteiger partial charge in [0.25, 0.3) is 0 Å². The van der Waals surface area contributed by atoms with Gasteiger partial charge < -0.3 is 0 Å². The van der Waals surface area contributed by atoms with Crippen LogP contribution in [-0.2, 0) is 0 Å². The molecule has 0 fully saturated rings. The first-order valence-corrected chi connectivity index (χ1v) is 2.26. The number of allylic oxidation sites excluding steroid dienone is 5. The van der Waals surface area contributed by atoms with Gasteiger partial charge in [0.05, 0.1) is 0 Å². The van der Waals surface area contributed by atoms with Gasteiger partial charge in [0, 0.05) is 0 Å². The van der Waals surface area contributed by atoms with Crippen LogP contribution in [0, 0.1) is 12.7 Å². The normalized spacial score (nSPS) is 16.9. The Kier molecular flexibility index (Phi) is 1.12. The van der Waals surface area contributed by atoms with Gasteiger partial charge in [-0.15, -0.1) is 0 Å². The monoisotopic (exact) mass is 90.0 g/mol. The lowest BCUT2D eigenvalue weighted by Gasteiger charge is -1.81. The maximum Gasteiger partial charge on any atom is -0.00880 e. The Bertz CT molecular complexity index is 127. The third-order valence-electron chi connectivity index (χ3n) is 0.926. The van der Waals surface area contributed by atoms with E-state index in [1.54, 1.807) is 6.08 Å². The minimum absolute atomic E-state index is 0.955. The molecule has 1 rings (SSSR count). The molecule has 34 valence electrons. The van der Waals surface area contributed by atoms with Gasteiger partial charge in [-0.2, -0.15) is 0 Å². The van der Waals surface area contributed by atoms with E-state index in [1.165, 1.54) is 0 Å². The van der Waals surface area contributed by atoms with Crippen molar-refractivity contribution in [1.82, 2.24) is 0 Å². The molecule has 0 spiro atoms. The van der Waals surface area contributed by atoms with Gasteiger partial charge in [-0.1, -0.05) is 24.8 Å². The lowest BCUT2D eigenvalue weighted by molar-refractivity contribution is 1.33. The van der Waals surface area contributed by atoms with Crippen molar-refractivity contribution >= 4 is 0 Å². The molecule has 7 heavy (non-hydrogen) atoms. The molecule has 2 radical (unpaired) electrons. The first-order valence-electron chi connectivity index (χ1n) is 2.26. The molecule has 0 bridgehead atoms. The van der Waals surface area contributed by atoms with Crippen molar-refractivity contribution in [2.45, 2.75) is 6.42 Å². The minimum Gasteiger partial charge on any atom is -0.0795 e. The van der Waals surface area contributed by atoms with E-state index in [0.29, 0.717) is 0 Å². The number of hydrogen-bond donors (Lipinski definition) is 0. The zero-order valence-electron chi connectivity index (χ0n) is 4.02. The first kappa shape index (κ1) is 4.38. The van der Waals surface area contributed by atoms with Gasteiger partial charge in [0.15, 0.2) is 0 Å². The van der Waals surface area contributed by atoms with E-state index >= 15 is 0 Å². The van der Waals surface area contributed by atoms with E-state index in [2.05, 4.69) is 6.08 Å². The summed E-state index contributed by atoms with van der Waals surface area (Å²) >= 11 is 0. The quantitative estimate of drug-likeness (QED) is 0.459. The fraction of sp³-hybridized carbons (Fsp3) is 0.143. The highest BCUT2D eigenvalue weighted by Gasteiger charge is 1.90. The topological polar surface area (TPSA) is 0 Å². The van der Waals surface area contributed by atoms with Gasteiger partial charge in [-0.3, -0.25) is 0 Å². The maximum atomic E-state index is 5.17. The Morgan fingerprint density at radius 2 is 2.71 bits per heavy atom. The Labute approximate surface area is 43.9 Å². The maximum absolute atomic E-state index is 5.17. The van der Waals surface area contributed by atoms with Gasteiger partial charge in [-0.25, -0.2) is 0 Å². The van der Waals surface area contributed by atoms with Crippen LogP contribution < -0.4 is 0 Å². The highest BCUT2D eigenvalue weighted by Crippen LogP contribution is 2.08. The third-order valence-corrected chi connectivity index (χ3v) is 0.926. The Morgan fingerprint density at radius 1 is 1.86 bits per heavy atom. The van der Waals surface area contributed by atoms with Crippen LogP contribution in [0.2, 0.25) is 0 Å². The van der Waals surface area contributed by atoms with Gasteiger partial charge in [-0.05, 0) is 18.1 Å². The molecular formula is C7H6. The third kappa shape index (κ3) is 0.801. The van der Waals surface area contributed by atoms with Crippen molar-refractivity contribution in [3.05, 3.63) is 36.5 Å². The average molecular weight is 90.1 g/mol. The molecule has 0 unspecified atom stereocenters. The molecular weight excluding hydrogens is 84.1 g/mol. The summed E-state index contributed by atoms with van der Waals surface area (Å²) in [6.07, 6.45) is 9.41. The van der Waals surface area contributed by atoms with Crippen LogP contribution in [0.1, 0.15) is 6.42 Å². The van der Waals surface area contributed by atoms with Crippen molar-refractivity contribution in [2.75, 3.05) is 0 Å². The fourth-order valence-corrected chi connectivity index (χ4v) is 0.527. The zero-order valence-corrected chi connectivity index (χ0v) is 4.02. The summed E-state index contributed by atoms with van der Waals surface area (Å²) in [6, 6.07) is 0. The van der Waals surface area contributed by atoms with Crippen LogP contribution >= 0.6 is 0 Å². The van der Waals surface area contributed by atoms with Crippen molar-refractivity contribution in [1.29, 1.82) is 0 Å². The summed E-state index contributed by atoms with van der Waals surface area (Å²) in [5, 5.41) is 0. The van der Waals surface area contributed by atoms with E-state index in [1.807, 2.05) is 12.2 Å². The molecule has 0 aliphatic heterocycles. The van der Waals surface area contributed by atoms with Gasteiger partial charge in [0.1, 0.15) is 0 Å². The first-order chi connectivity index (χ1) is 3.43. The second kappa shape index (κ2) is 1.78. The summed E-state index contributed by atoms with van der Waals surface area (Å²) in [5.74, 6) is 0. The molecule has 0 heteroatoms. The van der Waals surface area contributed by atoms with Crippen LogP contribution in [0.4, 0.5) is 0 Å². The lowest BCUT2D eigenvalue weighted by atomic mass is 10.2. The molecule has 0 atom stereocenters. The summed E-state index contributed by atoms with van der Waals surface area (Å²) < 4.78 is 0. The second-order valence-electron chi connectivity index (χ2n) is 1.44. The van der Waals surface area contributed by atoms with Crippen molar-refractivity contribution < 1.29 is 0 Å². The smallest absolute Gasteiger partial charge is 0.00880 e. The molecule has 1 aliphatic rings. The van der Waals surface area contributed by atoms with Gasteiger partial charge in [0.2, 0.25) is 0 Å². The second-order valence-corrected chi connectivity index (χ2v) is 1.44. The molecule has 1 aliphatic carbocycles. The summed E-state index contributed by atoms with van der Waals surface area (Å²) in [7, 11) is 0. The molecule has 0 aromatic carbocycles. The molecule has 0 heterocycles. The lowest BCUT2D eigenvalue weighted by Crippen LogP contribution is -1.63. The summed E-state index contributed by atoms with van der Waals surface area (Å²) in [4.78, 5) is 0. The highest BCUT2D eigenvalue weighted by atomic mass is 13.9. The number of hydrogen-bond acceptors (Lipinski definition) is 0. The van der Waals surface area contributed by atoms with E-state index in [4.69, 9.17) is 6.58 Å². The molecule has 0 nitrogen and oxygen atoms in total. The average Bonchev–Trinajstić information content (AvgIpc) is 2.14. The van der Waals surface area contributed by atoms with Crippen molar-refractivity contribution in [3.8, 4) is 0 Å². The summed E-state index contributed by atoms with van der Waals surface area (Å²) in [5.41, 5.74) is 1.08. The van der Waals surface area contributed by atoms with E-state index < -0.39 is 0 Å². The van der Waals surface area contributed by atoms with Crippen LogP contribution in [-0.4, -0.2) is 0 Å². The molecule has 0 amide bonds. The Balaban J connectivity index is 2.61. The Hall–Kier alpha value is -0.780. The number of rotatable bonds is 1. The van der Waals surface area contributed by atoms with Crippen LogP contribution in [0.25, 0.3) is 0 Å². The van der Waals surface area contributed by atoms with Crippen LogP contribution in [0.5, 0.6) is 0 Å². The van der Waals surface area contributed by atoms with Crippen molar-refractivity contribution in [3.63, 3.8) is 0 Å². The zero-order chi connectivity index (χ0) is 5.11. The predicted molar refractivity (Wildman–Crippen MR) is 29.4 cm³/mol. The largest absolute Gasteiger partial charge is 0.0795 e. The highest BCUT2D eigenvalue weighted by molar-refractivity contribution is 5.25. The van der Waals surface area contributed by atoms with E-state index in [-0.39, 0.29) is 0 Å². The van der Waals surface area contributed by atoms with Crippen LogP contribution in [0.15, 0.2) is 23.8 Å². The predicted octanol–water partition coefficient (Wildman–Crippen LogP) is 1.67. The van der Waals surface area contributed by atoms with E-state index in [9.17, 15) is 0 Å². The van der Waals surface area contributed by atoms with E-state index in [0.717, 1.165) is 12.0 Å². The molecule has 0 saturated carbocycles. The Morgan fingerprint density at radius 3 is 3.00 bits per heavy atom. The fourth-order valence-electron chi connectivity index (χ4n) is 0.527.